The van der Waals surface area contributed by atoms with E-state index in [4.69, 9.17) is 0 Å². The van der Waals surface area contributed by atoms with Gasteiger partial charge in [0.1, 0.15) is 5.60 Å². The maximum absolute atomic E-state index is 11.3. The third-order valence-corrected chi connectivity index (χ3v) is 7.15. The summed E-state index contributed by atoms with van der Waals surface area (Å²) in [4.78, 5) is 0.942. The summed E-state index contributed by atoms with van der Waals surface area (Å²) >= 11 is 1.63. The molecule has 1 N–H and O–H groups in total. The van der Waals surface area contributed by atoms with Gasteiger partial charge in [-0.05, 0) is 55.5 Å². The van der Waals surface area contributed by atoms with Crippen molar-refractivity contribution in [1.29, 1.82) is 5.26 Å². The molecule has 21 heavy (non-hydrogen) atoms. The molecule has 4 atom stereocenters. The first kappa shape index (κ1) is 13.3. The van der Waals surface area contributed by atoms with Crippen LogP contribution in [0.3, 0.4) is 0 Å². The Bertz CT molecular complexity index is 708. The highest BCUT2D eigenvalue weighted by molar-refractivity contribution is 7.19. The van der Waals surface area contributed by atoms with Crippen molar-refractivity contribution in [2.24, 2.45) is 17.3 Å². The Labute approximate surface area is 129 Å². The van der Waals surface area contributed by atoms with Crippen molar-refractivity contribution >= 4 is 21.4 Å². The monoisotopic (exact) mass is 297 g/mol. The van der Waals surface area contributed by atoms with Crippen LogP contribution in [0.25, 0.3) is 10.1 Å². The Morgan fingerprint density at radius 2 is 2.19 bits per heavy atom. The average molecular weight is 297 g/mol. The van der Waals surface area contributed by atoms with Crippen LogP contribution in [0.2, 0.25) is 0 Å². The van der Waals surface area contributed by atoms with Gasteiger partial charge in [0.2, 0.25) is 0 Å². The van der Waals surface area contributed by atoms with E-state index >= 15 is 0 Å². The molecular weight excluding hydrogens is 278 g/mol. The first-order valence-corrected chi connectivity index (χ1v) is 8.51. The zero-order valence-corrected chi connectivity index (χ0v) is 13.0. The van der Waals surface area contributed by atoms with Gasteiger partial charge < -0.3 is 5.11 Å². The lowest BCUT2D eigenvalue weighted by atomic mass is 9.63. The number of nitriles is 1. The van der Waals surface area contributed by atoms with Crippen molar-refractivity contribution in [3.8, 4) is 6.07 Å². The summed E-state index contributed by atoms with van der Waals surface area (Å²) in [5, 5.41) is 22.4. The molecule has 2 saturated carbocycles. The Kier molecular flexibility index (Phi) is 2.73. The van der Waals surface area contributed by atoms with E-state index in [9.17, 15) is 10.4 Å². The predicted octanol–water partition coefficient (Wildman–Crippen LogP) is 4.44. The third-order valence-electron chi connectivity index (χ3n) is 5.82. The number of nitrogens with zero attached hydrogens (tertiary/aromatic N) is 1. The topological polar surface area (TPSA) is 44.0 Å². The summed E-state index contributed by atoms with van der Waals surface area (Å²) < 4.78 is 1.18. The molecule has 2 fully saturated rings. The van der Waals surface area contributed by atoms with Crippen molar-refractivity contribution in [3.05, 3.63) is 35.2 Å². The van der Waals surface area contributed by atoms with Gasteiger partial charge in [0.25, 0.3) is 0 Å². The molecule has 2 nitrogen and oxygen atoms in total. The van der Waals surface area contributed by atoms with E-state index in [1.165, 1.54) is 11.1 Å². The van der Waals surface area contributed by atoms with Gasteiger partial charge >= 0.3 is 0 Å². The lowest BCUT2D eigenvalue weighted by Crippen LogP contribution is -2.45. The van der Waals surface area contributed by atoms with Gasteiger partial charge in [0, 0.05) is 9.58 Å². The summed E-state index contributed by atoms with van der Waals surface area (Å²) in [6.45, 7) is 1.86. The molecule has 0 spiro atoms. The smallest absolute Gasteiger partial charge is 0.115 e. The molecular formula is C18H19NOS. The van der Waals surface area contributed by atoms with Crippen LogP contribution in [0.4, 0.5) is 0 Å². The number of rotatable bonds is 2. The van der Waals surface area contributed by atoms with Gasteiger partial charge in [-0.3, -0.25) is 0 Å². The average Bonchev–Trinajstić information content (AvgIpc) is 3.20. The van der Waals surface area contributed by atoms with E-state index < -0.39 is 11.0 Å². The maximum atomic E-state index is 11.3. The fraction of sp³-hybridized carbons (Fsp3) is 0.500. The largest absolute Gasteiger partial charge is 0.383 e. The molecule has 2 aliphatic rings. The molecule has 0 aliphatic heterocycles. The van der Waals surface area contributed by atoms with Crippen LogP contribution >= 0.6 is 11.3 Å². The minimum Gasteiger partial charge on any atom is -0.383 e. The first-order valence-electron chi connectivity index (χ1n) is 7.69. The number of fused-ring (bicyclic) bond motifs is 3. The highest BCUT2D eigenvalue weighted by Gasteiger charge is 2.61. The van der Waals surface area contributed by atoms with Gasteiger partial charge in [-0.15, -0.1) is 11.3 Å². The molecule has 0 radical (unpaired) electrons. The second-order valence-corrected chi connectivity index (χ2v) is 7.97. The van der Waals surface area contributed by atoms with E-state index in [-0.39, 0.29) is 0 Å². The Balaban J connectivity index is 1.83. The maximum Gasteiger partial charge on any atom is 0.115 e. The highest BCUT2D eigenvalue weighted by Crippen LogP contribution is 2.63. The zero-order chi connectivity index (χ0) is 14.7. The van der Waals surface area contributed by atoms with E-state index in [1.54, 1.807) is 11.3 Å². The molecule has 1 heterocycles. The second-order valence-electron chi connectivity index (χ2n) is 6.88. The van der Waals surface area contributed by atoms with Crippen LogP contribution in [-0.2, 0) is 5.60 Å². The van der Waals surface area contributed by atoms with E-state index in [0.717, 1.165) is 29.5 Å². The number of hydrogen-bond acceptors (Lipinski definition) is 3. The summed E-state index contributed by atoms with van der Waals surface area (Å²) in [7, 11) is 0. The molecule has 108 valence electrons. The number of benzene rings is 1. The Morgan fingerprint density at radius 1 is 1.38 bits per heavy atom. The standard InChI is InChI=1S/C18H19NOS/c1-17(20,16-9-13-4-2-3-5-15(13)21-16)18(11-19)10-12-6-7-14(18)8-12/h2-5,9,12,14,20H,6-8,10H2,1H3. The van der Waals surface area contributed by atoms with E-state index in [1.807, 2.05) is 19.1 Å². The van der Waals surface area contributed by atoms with Crippen LogP contribution < -0.4 is 0 Å². The SMILES string of the molecule is CC(O)(c1cc2ccccc2s1)C1(C#N)CC2CCC1C2. The van der Waals surface area contributed by atoms with Crippen LogP contribution in [-0.4, -0.2) is 5.11 Å². The number of aliphatic hydroxyl groups is 1. The minimum atomic E-state index is -1.05. The lowest BCUT2D eigenvalue weighted by molar-refractivity contribution is -0.0705. The molecule has 4 rings (SSSR count). The van der Waals surface area contributed by atoms with Crippen LogP contribution in [0, 0.1) is 28.6 Å². The molecule has 2 aromatic rings. The van der Waals surface area contributed by atoms with Crippen molar-refractivity contribution in [1.82, 2.24) is 0 Å². The van der Waals surface area contributed by atoms with Gasteiger partial charge in [-0.1, -0.05) is 24.6 Å². The normalized spacial score (nSPS) is 34.0. The molecule has 0 saturated heterocycles. The molecule has 3 heteroatoms. The zero-order valence-electron chi connectivity index (χ0n) is 12.2. The summed E-state index contributed by atoms with van der Waals surface area (Å²) in [6, 6.07) is 12.8. The van der Waals surface area contributed by atoms with Crippen LogP contribution in [0.15, 0.2) is 30.3 Å². The number of hydrogen-bond donors (Lipinski definition) is 1. The predicted molar refractivity (Wildman–Crippen MR) is 84.9 cm³/mol. The number of thiophene rings is 1. The van der Waals surface area contributed by atoms with Crippen LogP contribution in [0.1, 0.15) is 37.5 Å². The Morgan fingerprint density at radius 3 is 2.81 bits per heavy atom. The second kappa shape index (κ2) is 4.32. The first-order chi connectivity index (χ1) is 10.1. The highest BCUT2D eigenvalue weighted by atomic mass is 32.1. The summed E-state index contributed by atoms with van der Waals surface area (Å²) in [6.07, 6.45) is 4.31. The van der Waals surface area contributed by atoms with Crippen LogP contribution in [0.5, 0.6) is 0 Å². The van der Waals surface area contributed by atoms with Crippen molar-refractivity contribution in [2.75, 3.05) is 0 Å². The molecule has 1 aromatic heterocycles. The van der Waals surface area contributed by atoms with Gasteiger partial charge in [-0.25, -0.2) is 0 Å². The van der Waals surface area contributed by atoms with Crippen molar-refractivity contribution in [3.63, 3.8) is 0 Å². The minimum absolute atomic E-state index is 0.354. The van der Waals surface area contributed by atoms with E-state index in [2.05, 4.69) is 24.3 Å². The molecule has 2 aliphatic carbocycles. The van der Waals surface area contributed by atoms with Gasteiger partial charge in [0.05, 0.1) is 11.5 Å². The summed E-state index contributed by atoms with van der Waals surface area (Å²) in [5.74, 6) is 0.989. The molecule has 1 aromatic carbocycles. The molecule has 2 bridgehead atoms. The van der Waals surface area contributed by atoms with Crippen molar-refractivity contribution < 1.29 is 5.11 Å². The fourth-order valence-electron chi connectivity index (χ4n) is 4.61. The molecule has 4 unspecified atom stereocenters. The quantitative estimate of drug-likeness (QED) is 0.890. The fourth-order valence-corrected chi connectivity index (χ4v) is 5.81. The van der Waals surface area contributed by atoms with E-state index in [0.29, 0.717) is 11.8 Å². The lowest BCUT2D eigenvalue weighted by Gasteiger charge is -2.42. The Hall–Kier alpha value is -1.37. The van der Waals surface area contributed by atoms with Gasteiger partial charge in [-0.2, -0.15) is 5.26 Å². The molecule has 0 amide bonds. The van der Waals surface area contributed by atoms with Crippen molar-refractivity contribution in [2.45, 2.75) is 38.2 Å². The third kappa shape index (κ3) is 1.66. The van der Waals surface area contributed by atoms with Gasteiger partial charge in [0.15, 0.2) is 0 Å². The summed E-state index contributed by atoms with van der Waals surface area (Å²) in [5.41, 5.74) is -1.65.